The van der Waals surface area contributed by atoms with E-state index >= 15 is 0 Å². The zero-order valence-corrected chi connectivity index (χ0v) is 13.5. The maximum absolute atomic E-state index is 13.1. The lowest BCUT2D eigenvalue weighted by Gasteiger charge is -2.03. The summed E-state index contributed by atoms with van der Waals surface area (Å²) in [4.78, 5) is 11.9. The van der Waals surface area contributed by atoms with Crippen LogP contribution in [0.5, 0.6) is 5.75 Å². The predicted octanol–water partition coefficient (Wildman–Crippen LogP) is 1.79. The molecule has 0 atom stereocenters. The summed E-state index contributed by atoms with van der Waals surface area (Å²) in [7, 11) is 0. The first-order valence-electron chi connectivity index (χ1n) is 6.96. The fraction of sp³-hybridized carbons (Fsp3) is 0.214. The van der Waals surface area contributed by atoms with Crippen LogP contribution < -0.4 is 10.1 Å². The molecule has 0 fully saturated rings. The molecule has 0 radical (unpaired) electrons. The molecule has 0 saturated heterocycles. The number of aromatic nitrogens is 5. The number of nitrogens with one attached hydrogen (secondary N) is 1. The normalized spacial score (nSPS) is 10.6. The molecular weight excluding hydrogens is 335 g/mol. The first-order valence-corrected chi connectivity index (χ1v) is 7.77. The second kappa shape index (κ2) is 7.13. The van der Waals surface area contributed by atoms with Gasteiger partial charge in [-0.1, -0.05) is 22.6 Å². The van der Waals surface area contributed by atoms with Gasteiger partial charge in [0, 0.05) is 6.07 Å². The third-order valence-electron chi connectivity index (χ3n) is 2.85. The van der Waals surface area contributed by atoms with Gasteiger partial charge in [0.2, 0.25) is 11.0 Å². The molecule has 2 heterocycles. The minimum Gasteiger partial charge on any atom is -0.487 e. The van der Waals surface area contributed by atoms with Gasteiger partial charge in [-0.2, -0.15) is 0 Å². The van der Waals surface area contributed by atoms with Crippen LogP contribution >= 0.6 is 11.3 Å². The zero-order chi connectivity index (χ0) is 16.9. The Kier molecular flexibility index (Phi) is 4.75. The first kappa shape index (κ1) is 16.0. The molecular formula is C14H13FN6O2S. The second-order valence-corrected chi connectivity index (χ2v) is 6.01. The van der Waals surface area contributed by atoms with Crippen molar-refractivity contribution >= 4 is 22.4 Å². The quantitative estimate of drug-likeness (QED) is 0.730. The van der Waals surface area contributed by atoms with Crippen molar-refractivity contribution in [2.24, 2.45) is 0 Å². The van der Waals surface area contributed by atoms with Gasteiger partial charge in [0.15, 0.2) is 0 Å². The van der Waals surface area contributed by atoms with Crippen LogP contribution in [0.3, 0.4) is 0 Å². The summed E-state index contributed by atoms with van der Waals surface area (Å²) in [5.74, 6) is -0.262. The molecule has 1 amide bonds. The lowest BCUT2D eigenvalue weighted by Crippen LogP contribution is -2.19. The van der Waals surface area contributed by atoms with Gasteiger partial charge < -0.3 is 4.74 Å². The molecule has 0 aliphatic heterocycles. The van der Waals surface area contributed by atoms with Gasteiger partial charge >= 0.3 is 0 Å². The SMILES string of the molecule is Cc1nnc(NC(=O)Cn2cc(COc3cccc(F)c3)nn2)s1. The van der Waals surface area contributed by atoms with Crippen LogP contribution in [0.2, 0.25) is 0 Å². The van der Waals surface area contributed by atoms with Gasteiger partial charge in [0.25, 0.3) is 0 Å². The number of halogens is 1. The first-order chi connectivity index (χ1) is 11.6. The van der Waals surface area contributed by atoms with Gasteiger partial charge in [-0.05, 0) is 19.1 Å². The lowest BCUT2D eigenvalue weighted by molar-refractivity contribution is -0.116. The van der Waals surface area contributed by atoms with E-state index < -0.39 is 0 Å². The molecule has 8 nitrogen and oxygen atoms in total. The summed E-state index contributed by atoms with van der Waals surface area (Å²) in [5, 5.41) is 19.2. The number of ether oxygens (including phenoxy) is 1. The van der Waals surface area contributed by atoms with E-state index in [4.69, 9.17) is 4.74 Å². The maximum atomic E-state index is 13.1. The third kappa shape index (κ3) is 4.32. The molecule has 0 aliphatic carbocycles. The number of carbonyl (C=O) groups is 1. The molecule has 1 N–H and O–H groups in total. The van der Waals surface area contributed by atoms with Crippen molar-refractivity contribution in [2.45, 2.75) is 20.1 Å². The van der Waals surface area contributed by atoms with Gasteiger partial charge in [0.1, 0.15) is 35.4 Å². The Morgan fingerprint density at radius 3 is 3.00 bits per heavy atom. The van der Waals surface area contributed by atoms with Crippen LogP contribution in [0.25, 0.3) is 0 Å². The van der Waals surface area contributed by atoms with E-state index in [-0.39, 0.29) is 24.9 Å². The highest BCUT2D eigenvalue weighted by Crippen LogP contribution is 2.14. The minimum atomic E-state index is -0.375. The Labute approximate surface area is 140 Å². The van der Waals surface area contributed by atoms with E-state index in [2.05, 4.69) is 25.8 Å². The van der Waals surface area contributed by atoms with Crippen molar-refractivity contribution in [1.29, 1.82) is 0 Å². The lowest BCUT2D eigenvalue weighted by atomic mass is 10.3. The van der Waals surface area contributed by atoms with Crippen molar-refractivity contribution in [2.75, 3.05) is 5.32 Å². The van der Waals surface area contributed by atoms with E-state index in [0.717, 1.165) is 5.01 Å². The number of nitrogens with zero attached hydrogens (tertiary/aromatic N) is 5. The summed E-state index contributed by atoms with van der Waals surface area (Å²) < 4.78 is 19.9. The number of aryl methyl sites for hydroxylation is 1. The summed E-state index contributed by atoms with van der Waals surface area (Å²) in [6, 6.07) is 5.81. The van der Waals surface area contributed by atoms with Gasteiger partial charge in [0.05, 0.1) is 6.20 Å². The highest BCUT2D eigenvalue weighted by molar-refractivity contribution is 7.15. The predicted molar refractivity (Wildman–Crippen MR) is 84.0 cm³/mol. The van der Waals surface area contributed by atoms with Crippen LogP contribution in [0.4, 0.5) is 9.52 Å². The Morgan fingerprint density at radius 1 is 1.38 bits per heavy atom. The van der Waals surface area contributed by atoms with Crippen molar-refractivity contribution < 1.29 is 13.9 Å². The Morgan fingerprint density at radius 2 is 2.25 bits per heavy atom. The molecule has 24 heavy (non-hydrogen) atoms. The van der Waals surface area contributed by atoms with E-state index in [1.54, 1.807) is 25.3 Å². The van der Waals surface area contributed by atoms with Crippen molar-refractivity contribution in [1.82, 2.24) is 25.2 Å². The number of carbonyl (C=O) groups excluding carboxylic acids is 1. The number of benzene rings is 1. The molecule has 3 aromatic rings. The van der Waals surface area contributed by atoms with Crippen LogP contribution in [-0.2, 0) is 17.9 Å². The summed E-state index contributed by atoms with van der Waals surface area (Å²) in [6.45, 7) is 1.92. The van der Waals surface area contributed by atoms with Crippen LogP contribution in [0.1, 0.15) is 10.7 Å². The van der Waals surface area contributed by atoms with Crippen LogP contribution in [0, 0.1) is 12.7 Å². The molecule has 0 aliphatic rings. The number of hydrogen-bond donors (Lipinski definition) is 1. The monoisotopic (exact) mass is 348 g/mol. The highest BCUT2D eigenvalue weighted by atomic mass is 32.1. The number of amides is 1. The van der Waals surface area contributed by atoms with E-state index in [9.17, 15) is 9.18 Å². The molecule has 10 heteroatoms. The molecule has 124 valence electrons. The van der Waals surface area contributed by atoms with E-state index in [1.807, 2.05) is 0 Å². The number of hydrogen-bond acceptors (Lipinski definition) is 7. The number of rotatable bonds is 6. The molecule has 0 bridgehead atoms. The average molecular weight is 348 g/mol. The molecule has 0 unspecified atom stereocenters. The van der Waals surface area contributed by atoms with E-state index in [0.29, 0.717) is 16.6 Å². The molecule has 0 spiro atoms. The minimum absolute atomic E-state index is 0.00834. The van der Waals surface area contributed by atoms with Crippen LogP contribution in [0.15, 0.2) is 30.5 Å². The van der Waals surface area contributed by atoms with Gasteiger partial charge in [-0.3, -0.25) is 10.1 Å². The van der Waals surface area contributed by atoms with Gasteiger partial charge in [-0.15, -0.1) is 15.3 Å². The Bertz CT molecular complexity index is 849. The van der Waals surface area contributed by atoms with Crippen LogP contribution in [-0.4, -0.2) is 31.1 Å². The second-order valence-electron chi connectivity index (χ2n) is 4.83. The van der Waals surface area contributed by atoms with Crippen molar-refractivity contribution in [3.05, 3.63) is 47.0 Å². The van der Waals surface area contributed by atoms with Crippen molar-refractivity contribution in [3.63, 3.8) is 0 Å². The average Bonchev–Trinajstić information content (AvgIpc) is 3.14. The molecule has 1 aromatic carbocycles. The smallest absolute Gasteiger partial charge is 0.247 e. The maximum Gasteiger partial charge on any atom is 0.247 e. The summed E-state index contributed by atoms with van der Waals surface area (Å²) in [5.41, 5.74) is 0.527. The fourth-order valence-corrected chi connectivity index (χ4v) is 2.46. The topological polar surface area (TPSA) is 94.8 Å². The fourth-order valence-electron chi connectivity index (χ4n) is 1.85. The van der Waals surface area contributed by atoms with Crippen molar-refractivity contribution in [3.8, 4) is 5.75 Å². The standard InChI is InChI=1S/C14H13FN6O2S/c1-9-17-19-14(24-9)16-13(22)7-21-6-11(18-20-21)8-23-12-4-2-3-10(15)5-12/h2-6H,7-8H2,1H3,(H,16,19,22). The Balaban J connectivity index is 1.52. The Hall–Kier alpha value is -2.88. The zero-order valence-electron chi connectivity index (χ0n) is 12.6. The van der Waals surface area contributed by atoms with E-state index in [1.165, 1.54) is 28.2 Å². The molecule has 2 aromatic heterocycles. The summed E-state index contributed by atoms with van der Waals surface area (Å²) in [6.07, 6.45) is 1.59. The summed E-state index contributed by atoms with van der Waals surface area (Å²) >= 11 is 1.29. The number of anilines is 1. The molecule has 0 saturated carbocycles. The largest absolute Gasteiger partial charge is 0.487 e. The van der Waals surface area contributed by atoms with Gasteiger partial charge in [-0.25, -0.2) is 9.07 Å². The molecule has 3 rings (SSSR count). The third-order valence-corrected chi connectivity index (χ3v) is 3.60. The highest BCUT2D eigenvalue weighted by Gasteiger charge is 2.09.